The predicted molar refractivity (Wildman–Crippen MR) is 91.0 cm³/mol. The Morgan fingerprint density at radius 2 is 2.08 bits per heavy atom. The smallest absolute Gasteiger partial charge is 0.319 e. The zero-order valence-corrected chi connectivity index (χ0v) is 14.2. The molecule has 1 fully saturated rings. The Labute approximate surface area is 149 Å². The third-order valence-corrected chi connectivity index (χ3v) is 4.13. The maximum atomic E-state index is 13.7. The van der Waals surface area contributed by atoms with Gasteiger partial charge in [-0.15, -0.1) is 0 Å². The van der Waals surface area contributed by atoms with E-state index in [1.165, 1.54) is 7.11 Å². The molecule has 0 spiro atoms. The summed E-state index contributed by atoms with van der Waals surface area (Å²) in [5.74, 6) is -1.93. The van der Waals surface area contributed by atoms with Crippen LogP contribution in [0.1, 0.15) is 24.5 Å². The molecule has 6 nitrogen and oxygen atoms in total. The third-order valence-electron chi connectivity index (χ3n) is 4.13. The fraction of sp³-hybridized carbons (Fsp3) is 0.333. The summed E-state index contributed by atoms with van der Waals surface area (Å²) < 4.78 is 37.9. The number of methoxy groups -OCH3 is 1. The molecule has 8 heteroatoms. The van der Waals surface area contributed by atoms with Crippen molar-refractivity contribution < 1.29 is 23.0 Å². The lowest BCUT2D eigenvalue weighted by Crippen LogP contribution is -2.44. The topological polar surface area (TPSA) is 72.5 Å². The summed E-state index contributed by atoms with van der Waals surface area (Å²) >= 11 is 0. The van der Waals surface area contributed by atoms with E-state index < -0.39 is 17.7 Å². The van der Waals surface area contributed by atoms with Gasteiger partial charge in [0, 0.05) is 31.1 Å². The van der Waals surface area contributed by atoms with Crippen molar-refractivity contribution in [3.8, 4) is 5.75 Å². The highest BCUT2D eigenvalue weighted by molar-refractivity contribution is 5.91. The molecule has 2 N–H and O–H groups in total. The summed E-state index contributed by atoms with van der Waals surface area (Å²) in [6.07, 6.45) is 4.51. The molecule has 1 aliphatic rings. The van der Waals surface area contributed by atoms with Gasteiger partial charge in [0.15, 0.2) is 11.6 Å². The SMILES string of the molecule is COc1c(F)cc(F)cc1NC(=O)N[C@H]1CCCO[C@@H]1c1ccncc1. The first kappa shape index (κ1) is 18.1. The van der Waals surface area contributed by atoms with E-state index in [1.54, 1.807) is 12.4 Å². The second kappa shape index (κ2) is 8.09. The van der Waals surface area contributed by atoms with Crippen LogP contribution in [-0.2, 0) is 4.74 Å². The molecule has 1 aromatic heterocycles. The summed E-state index contributed by atoms with van der Waals surface area (Å²) in [4.78, 5) is 16.3. The molecule has 138 valence electrons. The number of hydrogen-bond donors (Lipinski definition) is 2. The number of carbonyl (C=O) groups excluding carboxylic acids is 1. The van der Waals surface area contributed by atoms with E-state index in [-0.39, 0.29) is 23.6 Å². The monoisotopic (exact) mass is 363 g/mol. The fourth-order valence-electron chi connectivity index (χ4n) is 3.00. The van der Waals surface area contributed by atoms with Crippen molar-refractivity contribution in [2.24, 2.45) is 0 Å². The maximum Gasteiger partial charge on any atom is 0.319 e. The van der Waals surface area contributed by atoms with Crippen LogP contribution in [0.2, 0.25) is 0 Å². The quantitative estimate of drug-likeness (QED) is 0.873. The van der Waals surface area contributed by atoms with Crippen LogP contribution in [0.3, 0.4) is 0 Å². The number of urea groups is 1. The first-order chi connectivity index (χ1) is 12.6. The number of rotatable bonds is 4. The van der Waals surface area contributed by atoms with Gasteiger partial charge in [-0.1, -0.05) is 0 Å². The molecule has 2 aromatic rings. The van der Waals surface area contributed by atoms with Gasteiger partial charge in [0.2, 0.25) is 0 Å². The first-order valence-electron chi connectivity index (χ1n) is 8.20. The van der Waals surface area contributed by atoms with Crippen LogP contribution in [0.25, 0.3) is 0 Å². The van der Waals surface area contributed by atoms with Crippen molar-refractivity contribution in [3.05, 3.63) is 53.9 Å². The van der Waals surface area contributed by atoms with Gasteiger partial charge in [0.05, 0.1) is 18.8 Å². The van der Waals surface area contributed by atoms with Crippen molar-refractivity contribution in [2.45, 2.75) is 25.0 Å². The van der Waals surface area contributed by atoms with E-state index >= 15 is 0 Å². The van der Waals surface area contributed by atoms with Gasteiger partial charge in [-0.3, -0.25) is 4.98 Å². The summed E-state index contributed by atoms with van der Waals surface area (Å²) in [6.45, 7) is 0.593. The van der Waals surface area contributed by atoms with E-state index in [0.717, 1.165) is 24.5 Å². The molecule has 1 aliphatic heterocycles. The molecule has 1 aromatic carbocycles. The number of ether oxygens (including phenoxy) is 2. The zero-order chi connectivity index (χ0) is 18.5. The van der Waals surface area contributed by atoms with Crippen molar-refractivity contribution in [1.29, 1.82) is 0 Å². The maximum absolute atomic E-state index is 13.7. The summed E-state index contributed by atoms with van der Waals surface area (Å²) in [5.41, 5.74) is 0.819. The van der Waals surface area contributed by atoms with Crippen LogP contribution in [0.4, 0.5) is 19.3 Å². The Hall–Kier alpha value is -2.74. The van der Waals surface area contributed by atoms with Crippen LogP contribution in [-0.4, -0.2) is 30.8 Å². The number of anilines is 1. The molecule has 0 bridgehead atoms. The van der Waals surface area contributed by atoms with Crippen molar-refractivity contribution in [2.75, 3.05) is 19.0 Å². The fourth-order valence-corrected chi connectivity index (χ4v) is 3.00. The lowest BCUT2D eigenvalue weighted by atomic mass is 9.97. The average molecular weight is 363 g/mol. The van der Waals surface area contributed by atoms with Gasteiger partial charge in [-0.25, -0.2) is 13.6 Å². The normalized spacial score (nSPS) is 19.7. The molecule has 26 heavy (non-hydrogen) atoms. The van der Waals surface area contributed by atoms with Gasteiger partial charge in [0.25, 0.3) is 0 Å². The Morgan fingerprint density at radius 1 is 1.31 bits per heavy atom. The van der Waals surface area contributed by atoms with Gasteiger partial charge in [-0.05, 0) is 30.5 Å². The van der Waals surface area contributed by atoms with E-state index in [9.17, 15) is 13.6 Å². The number of halogens is 2. The zero-order valence-electron chi connectivity index (χ0n) is 14.2. The van der Waals surface area contributed by atoms with Gasteiger partial charge < -0.3 is 20.1 Å². The molecule has 0 saturated carbocycles. The number of pyridine rings is 1. The number of nitrogens with zero attached hydrogens (tertiary/aromatic N) is 1. The summed E-state index contributed by atoms with van der Waals surface area (Å²) in [5, 5.41) is 5.25. The molecule has 0 radical (unpaired) electrons. The number of carbonyl (C=O) groups is 1. The highest BCUT2D eigenvalue weighted by Gasteiger charge is 2.29. The minimum Gasteiger partial charge on any atom is -0.492 e. The van der Waals surface area contributed by atoms with Gasteiger partial charge in [0.1, 0.15) is 11.9 Å². The molecular weight excluding hydrogens is 344 g/mol. The highest BCUT2D eigenvalue weighted by atomic mass is 19.1. The Morgan fingerprint density at radius 3 is 2.81 bits per heavy atom. The Bertz CT molecular complexity index is 774. The molecule has 2 amide bonds. The minimum absolute atomic E-state index is 0.0836. The highest BCUT2D eigenvalue weighted by Crippen LogP contribution is 2.30. The average Bonchev–Trinajstić information content (AvgIpc) is 2.62. The molecule has 1 saturated heterocycles. The largest absolute Gasteiger partial charge is 0.492 e. The molecular formula is C18H19F2N3O3. The minimum atomic E-state index is -0.890. The van der Waals surface area contributed by atoms with Crippen LogP contribution < -0.4 is 15.4 Å². The van der Waals surface area contributed by atoms with E-state index in [1.807, 2.05) is 12.1 Å². The molecule has 0 unspecified atom stereocenters. The van der Waals surface area contributed by atoms with Crippen LogP contribution in [0.5, 0.6) is 5.75 Å². The number of amides is 2. The number of aromatic nitrogens is 1. The second-order valence-corrected chi connectivity index (χ2v) is 5.89. The Balaban J connectivity index is 1.73. The van der Waals surface area contributed by atoms with Crippen LogP contribution in [0, 0.1) is 11.6 Å². The lowest BCUT2D eigenvalue weighted by molar-refractivity contribution is -0.00701. The number of hydrogen-bond acceptors (Lipinski definition) is 4. The molecule has 2 atom stereocenters. The van der Waals surface area contributed by atoms with Crippen molar-refractivity contribution in [3.63, 3.8) is 0 Å². The predicted octanol–water partition coefficient (Wildman–Crippen LogP) is 3.41. The number of nitrogens with one attached hydrogen (secondary N) is 2. The summed E-state index contributed by atoms with van der Waals surface area (Å²) in [6, 6.07) is 4.47. The molecule has 3 rings (SSSR count). The lowest BCUT2D eigenvalue weighted by Gasteiger charge is -2.32. The van der Waals surface area contributed by atoms with E-state index in [0.29, 0.717) is 12.7 Å². The van der Waals surface area contributed by atoms with E-state index in [4.69, 9.17) is 9.47 Å². The van der Waals surface area contributed by atoms with Crippen LogP contribution in [0.15, 0.2) is 36.7 Å². The second-order valence-electron chi connectivity index (χ2n) is 5.89. The van der Waals surface area contributed by atoms with Gasteiger partial charge >= 0.3 is 6.03 Å². The standard InChI is InChI=1S/C18H19F2N3O3/c1-25-17-13(20)9-12(19)10-15(17)23-18(24)22-14-3-2-8-26-16(14)11-4-6-21-7-5-11/h4-7,9-10,14,16H,2-3,8H2,1H3,(H2,22,23,24)/t14-,16+/m0/s1. The van der Waals surface area contributed by atoms with Crippen molar-refractivity contribution in [1.82, 2.24) is 10.3 Å². The van der Waals surface area contributed by atoms with E-state index in [2.05, 4.69) is 15.6 Å². The number of benzene rings is 1. The third kappa shape index (κ3) is 4.08. The Kier molecular flexibility index (Phi) is 5.62. The first-order valence-corrected chi connectivity index (χ1v) is 8.20. The van der Waals surface area contributed by atoms with Gasteiger partial charge in [-0.2, -0.15) is 0 Å². The van der Waals surface area contributed by atoms with Crippen molar-refractivity contribution >= 4 is 11.7 Å². The molecule has 2 heterocycles. The summed E-state index contributed by atoms with van der Waals surface area (Å²) in [7, 11) is 1.24. The molecule has 0 aliphatic carbocycles. The van der Waals surface area contributed by atoms with Crippen LogP contribution >= 0.6 is 0 Å².